The van der Waals surface area contributed by atoms with E-state index < -0.39 is 0 Å². The van der Waals surface area contributed by atoms with E-state index in [4.69, 9.17) is 12.2 Å². The van der Waals surface area contributed by atoms with Crippen LogP contribution in [0.15, 0.2) is 0 Å². The predicted octanol–water partition coefficient (Wildman–Crippen LogP) is 2.53. The van der Waals surface area contributed by atoms with Crippen LogP contribution in [0.4, 0.5) is 0 Å². The van der Waals surface area contributed by atoms with Gasteiger partial charge in [-0.25, -0.2) is 5.43 Å². The third kappa shape index (κ3) is 2.18. The molecule has 1 aliphatic heterocycles. The van der Waals surface area contributed by atoms with Crippen LogP contribution in [0, 0.1) is 0 Å². The Morgan fingerprint density at radius 2 is 1.88 bits per heavy atom. The fourth-order valence-electron chi connectivity index (χ4n) is 2.76. The molecule has 1 saturated heterocycles. The fraction of sp³-hybridized carbons (Fsp3) is 0.917. The average molecular weight is 241 g/mol. The SMILES string of the molecule is CCC1(CC)NC(=S)N(C2CCCCC2)N1. The Morgan fingerprint density at radius 3 is 2.38 bits per heavy atom. The second-order valence-corrected chi connectivity index (χ2v) is 5.38. The summed E-state index contributed by atoms with van der Waals surface area (Å²) in [5.41, 5.74) is 3.61. The number of hydrogen-bond donors (Lipinski definition) is 2. The largest absolute Gasteiger partial charge is 0.342 e. The molecular weight excluding hydrogens is 218 g/mol. The lowest BCUT2D eigenvalue weighted by Crippen LogP contribution is -2.52. The highest BCUT2D eigenvalue weighted by molar-refractivity contribution is 7.80. The molecule has 92 valence electrons. The van der Waals surface area contributed by atoms with E-state index in [2.05, 4.69) is 29.6 Å². The minimum absolute atomic E-state index is 0.00846. The third-order valence-electron chi connectivity index (χ3n) is 4.05. The van der Waals surface area contributed by atoms with Crippen LogP contribution in [0.1, 0.15) is 58.8 Å². The summed E-state index contributed by atoms with van der Waals surface area (Å²) in [4.78, 5) is 0. The van der Waals surface area contributed by atoms with Gasteiger partial charge in [-0.05, 0) is 37.9 Å². The first-order valence-electron chi connectivity index (χ1n) is 6.60. The quantitative estimate of drug-likeness (QED) is 0.743. The van der Waals surface area contributed by atoms with Gasteiger partial charge < -0.3 is 5.32 Å². The van der Waals surface area contributed by atoms with Gasteiger partial charge in [-0.15, -0.1) is 0 Å². The predicted molar refractivity (Wildman–Crippen MR) is 70.9 cm³/mol. The molecule has 2 rings (SSSR count). The van der Waals surface area contributed by atoms with Crippen LogP contribution in [0.25, 0.3) is 0 Å². The van der Waals surface area contributed by atoms with Gasteiger partial charge in [0.15, 0.2) is 5.11 Å². The molecule has 0 amide bonds. The maximum absolute atomic E-state index is 5.46. The van der Waals surface area contributed by atoms with Gasteiger partial charge >= 0.3 is 0 Å². The van der Waals surface area contributed by atoms with Crippen molar-refractivity contribution in [2.75, 3.05) is 0 Å². The molecule has 1 saturated carbocycles. The zero-order valence-electron chi connectivity index (χ0n) is 10.4. The number of rotatable bonds is 3. The summed E-state index contributed by atoms with van der Waals surface area (Å²) in [7, 11) is 0. The molecule has 0 atom stereocenters. The van der Waals surface area contributed by atoms with Crippen molar-refractivity contribution in [1.82, 2.24) is 15.8 Å². The Morgan fingerprint density at radius 1 is 1.25 bits per heavy atom. The fourth-order valence-corrected chi connectivity index (χ4v) is 3.15. The molecule has 2 N–H and O–H groups in total. The van der Waals surface area contributed by atoms with Crippen molar-refractivity contribution in [3.05, 3.63) is 0 Å². The number of nitrogens with one attached hydrogen (secondary N) is 2. The van der Waals surface area contributed by atoms with Crippen molar-refractivity contribution in [1.29, 1.82) is 0 Å². The van der Waals surface area contributed by atoms with E-state index in [0.717, 1.165) is 18.0 Å². The van der Waals surface area contributed by atoms with Crippen molar-refractivity contribution in [2.45, 2.75) is 70.5 Å². The molecule has 1 heterocycles. The summed E-state index contributed by atoms with van der Waals surface area (Å²) in [5, 5.41) is 6.58. The molecule has 0 unspecified atom stereocenters. The van der Waals surface area contributed by atoms with Gasteiger partial charge in [0.25, 0.3) is 0 Å². The Bertz CT molecular complexity index is 257. The Balaban J connectivity index is 2.03. The monoisotopic (exact) mass is 241 g/mol. The van der Waals surface area contributed by atoms with Crippen LogP contribution in [-0.4, -0.2) is 21.8 Å². The molecule has 0 aromatic rings. The summed E-state index contributed by atoms with van der Waals surface area (Å²) in [6, 6.07) is 0.605. The Labute approximate surface area is 104 Å². The zero-order chi connectivity index (χ0) is 11.6. The first-order chi connectivity index (χ1) is 7.71. The highest BCUT2D eigenvalue weighted by Crippen LogP contribution is 2.26. The summed E-state index contributed by atoms with van der Waals surface area (Å²) < 4.78 is 0. The smallest absolute Gasteiger partial charge is 0.185 e. The van der Waals surface area contributed by atoms with Crippen LogP contribution >= 0.6 is 12.2 Å². The maximum atomic E-state index is 5.46. The summed E-state index contributed by atoms with van der Waals surface area (Å²) in [6.45, 7) is 4.41. The molecule has 16 heavy (non-hydrogen) atoms. The second kappa shape index (κ2) is 4.88. The first kappa shape index (κ1) is 12.1. The van der Waals surface area contributed by atoms with Gasteiger partial charge in [-0.1, -0.05) is 33.1 Å². The molecule has 0 radical (unpaired) electrons. The lowest BCUT2D eigenvalue weighted by Gasteiger charge is -2.33. The van der Waals surface area contributed by atoms with Gasteiger partial charge in [0.05, 0.1) is 0 Å². The topological polar surface area (TPSA) is 27.3 Å². The first-order valence-corrected chi connectivity index (χ1v) is 7.01. The van der Waals surface area contributed by atoms with Crippen molar-refractivity contribution in [3.63, 3.8) is 0 Å². The standard InChI is InChI=1S/C12H23N3S/c1-3-12(4-2)13-11(16)15(14-12)10-8-6-5-7-9-10/h10,14H,3-9H2,1-2H3,(H,13,16). The van der Waals surface area contributed by atoms with E-state index >= 15 is 0 Å². The normalized spacial score (nSPS) is 25.9. The molecule has 2 fully saturated rings. The van der Waals surface area contributed by atoms with E-state index in [1.54, 1.807) is 0 Å². The average Bonchev–Trinajstić information content (AvgIpc) is 2.69. The summed E-state index contributed by atoms with van der Waals surface area (Å²) >= 11 is 5.46. The molecule has 0 aromatic heterocycles. The lowest BCUT2D eigenvalue weighted by atomic mass is 9.95. The zero-order valence-corrected chi connectivity index (χ0v) is 11.2. The third-order valence-corrected chi connectivity index (χ3v) is 4.35. The van der Waals surface area contributed by atoms with Crippen LogP contribution in [0.3, 0.4) is 0 Å². The lowest BCUT2D eigenvalue weighted by molar-refractivity contribution is 0.140. The molecule has 0 aromatic carbocycles. The van der Waals surface area contributed by atoms with E-state index in [-0.39, 0.29) is 5.66 Å². The van der Waals surface area contributed by atoms with Gasteiger partial charge in [0.1, 0.15) is 5.66 Å². The van der Waals surface area contributed by atoms with Crippen LogP contribution in [0.2, 0.25) is 0 Å². The Kier molecular flexibility index (Phi) is 3.70. The van der Waals surface area contributed by atoms with Crippen molar-refractivity contribution in [2.24, 2.45) is 0 Å². The minimum atomic E-state index is 0.00846. The van der Waals surface area contributed by atoms with Crippen LogP contribution in [0.5, 0.6) is 0 Å². The number of thiocarbonyl (C=S) groups is 1. The molecule has 2 aliphatic rings. The van der Waals surface area contributed by atoms with Gasteiger partial charge in [0.2, 0.25) is 0 Å². The molecular formula is C12H23N3S. The van der Waals surface area contributed by atoms with Crippen molar-refractivity contribution in [3.8, 4) is 0 Å². The van der Waals surface area contributed by atoms with Gasteiger partial charge in [-0.2, -0.15) is 0 Å². The molecule has 0 spiro atoms. The highest BCUT2D eigenvalue weighted by atomic mass is 32.1. The number of nitrogens with zero attached hydrogens (tertiary/aromatic N) is 1. The minimum Gasteiger partial charge on any atom is -0.342 e. The van der Waals surface area contributed by atoms with E-state index in [9.17, 15) is 0 Å². The van der Waals surface area contributed by atoms with E-state index in [1.165, 1.54) is 32.1 Å². The molecule has 4 heteroatoms. The van der Waals surface area contributed by atoms with E-state index in [1.807, 2.05) is 0 Å². The number of hydrogen-bond acceptors (Lipinski definition) is 2. The van der Waals surface area contributed by atoms with Crippen LogP contribution < -0.4 is 10.7 Å². The molecule has 1 aliphatic carbocycles. The van der Waals surface area contributed by atoms with Crippen molar-refractivity contribution >= 4 is 17.3 Å². The molecule has 0 bridgehead atoms. The summed E-state index contributed by atoms with van der Waals surface area (Å²) in [5.74, 6) is 0. The molecule has 3 nitrogen and oxygen atoms in total. The van der Waals surface area contributed by atoms with Crippen molar-refractivity contribution < 1.29 is 0 Å². The summed E-state index contributed by atoms with van der Waals surface area (Å²) in [6.07, 6.45) is 8.75. The van der Waals surface area contributed by atoms with Crippen LogP contribution in [-0.2, 0) is 0 Å². The van der Waals surface area contributed by atoms with Gasteiger partial charge in [-0.3, -0.25) is 5.01 Å². The maximum Gasteiger partial charge on any atom is 0.185 e. The van der Waals surface area contributed by atoms with Gasteiger partial charge in [0, 0.05) is 6.04 Å². The Hall–Kier alpha value is -0.350. The van der Waals surface area contributed by atoms with E-state index in [0.29, 0.717) is 6.04 Å². The number of hydrazine groups is 1. The highest BCUT2D eigenvalue weighted by Gasteiger charge is 2.39. The second-order valence-electron chi connectivity index (χ2n) is 4.99.